The quantitative estimate of drug-likeness (QED) is 0.123. The van der Waals surface area contributed by atoms with E-state index in [1.54, 1.807) is 0 Å². The van der Waals surface area contributed by atoms with E-state index in [-0.39, 0.29) is 220 Å². The number of halogens is 6. The van der Waals surface area contributed by atoms with Crippen molar-refractivity contribution in [2.75, 3.05) is 0 Å². The molecule has 48 N–H and O–H groups in total. The number of hydrogen-bond acceptors (Lipinski definition) is 32. The van der Waals surface area contributed by atoms with Crippen molar-refractivity contribution in [3.8, 4) is 0 Å². The normalized spacial score (nSPS) is 6.31. The zero-order chi connectivity index (χ0) is 31.0. The molecule has 388 valence electrons. The van der Waals surface area contributed by atoms with Crippen LogP contribution in [0.1, 0.15) is 0 Å². The van der Waals surface area contributed by atoms with Gasteiger partial charge < -0.3 is 136 Å². The van der Waals surface area contributed by atoms with Gasteiger partial charge in [-0.3, -0.25) is 0 Å². The van der Waals surface area contributed by atoms with Crippen LogP contribution in [0.5, 0.6) is 0 Å². The van der Waals surface area contributed by atoms with E-state index in [2.05, 4.69) is 0 Å². The first-order chi connectivity index (χ1) is 14.0. The molecule has 0 aliphatic rings. The summed E-state index contributed by atoms with van der Waals surface area (Å²) in [6.45, 7) is 0. The number of hydrogen-bond donors (Lipinski definition) is 0. The Kier molecular flexibility index (Phi) is 667. The molecule has 49 nitrogen and oxygen atoms in total. The summed E-state index contributed by atoms with van der Waals surface area (Å²) in [4.78, 5) is 0. The smallest absolute Gasteiger partial charge is 2.00 e. The van der Waals surface area contributed by atoms with Gasteiger partial charge in [0.25, 0.3) is 0 Å². The molecule has 0 saturated carbocycles. The van der Waals surface area contributed by atoms with E-state index in [0.29, 0.717) is 0 Å². The third kappa shape index (κ3) is 19700. The molecule has 0 aromatic rings. The van der Waals surface area contributed by atoms with Crippen LogP contribution in [-0.4, -0.2) is 43.8 Å². The summed E-state index contributed by atoms with van der Waals surface area (Å²) in [6.07, 6.45) is 0. The largest absolute Gasteiger partial charge is 4.00 e. The van der Waals surface area contributed by atoms with Crippen molar-refractivity contribution >= 4 is 0 Å². The molecule has 0 aromatic heterocycles. The van der Waals surface area contributed by atoms with Crippen LogP contribution in [0.4, 0.5) is 0 Å². The zero-order valence-corrected chi connectivity index (χ0v) is 41.2. The van der Waals surface area contributed by atoms with Gasteiger partial charge in [-0.25, -0.2) is 112 Å². The van der Waals surface area contributed by atoms with E-state index in [9.17, 15) is 0 Å². The second-order valence-electron chi connectivity index (χ2n) is 2.27. The Morgan fingerprint density at radius 2 is 0.169 bits per heavy atom. The molecule has 0 unspecified atom stereocenters. The fourth-order valence-corrected chi connectivity index (χ4v) is 0. The van der Waals surface area contributed by atoms with Crippen LogP contribution in [0.15, 0.2) is 0 Å². The second kappa shape index (κ2) is 144. The Morgan fingerprint density at radius 1 is 0.169 bits per heavy atom. The minimum atomic E-state index is -4.94. The Morgan fingerprint density at radius 3 is 0.169 bits per heavy atom. The molecule has 0 rings (SSSR count). The summed E-state index contributed by atoms with van der Waals surface area (Å²) >= 11 is 0. The predicted octanol–water partition coefficient (Wildman–Crippen LogP) is -48.5. The summed E-state index contributed by atoms with van der Waals surface area (Å²) in [5.41, 5.74) is 0. The average molecular weight is 1410 g/mol. The molecule has 0 atom stereocenters. The van der Waals surface area contributed by atoms with Gasteiger partial charge in [-0.15, -0.1) is 61.5 Å². The molecule has 0 amide bonds. The Hall–Kier alpha value is 3.31. The van der Waals surface area contributed by atoms with Crippen molar-refractivity contribution in [3.05, 3.63) is 0 Å². The second-order valence-corrected chi connectivity index (χ2v) is 6.80. The SMILES string of the molecule is O.O.O.O.[O-2].[O-][Cl+3]([O-])([O-])[O-].[O-][Cl+3]([O-])([O-])[O-].[O-][Cl+3]([O-])([O-])[O-].[O-][Cl+3]([O-])([O-])[O-].[O-][Cl+3]([O-])([O-])[O-].[O-][Cl+3]([O-])([O-])[O-].[O-][O-].[O-][O-].[OH-].[OH-].[OH-].[OH-].[OH3+].[OH3+].[OH3+].[OH3+].[OH3+].[OH3+].[OH3+].[OH3+].[OH3+].[OH3+].[OH3+].[OH3+].[Zr+4].[Zr+4].[Zr+4].[Zr+4]. The van der Waals surface area contributed by atoms with Crippen molar-refractivity contribution < 1.29 is 414 Å². The minimum Gasteiger partial charge on any atom is -2.00 e. The van der Waals surface area contributed by atoms with Crippen LogP contribution in [0.3, 0.4) is 0 Å². The molecule has 0 fully saturated rings. The van der Waals surface area contributed by atoms with E-state index in [0.717, 1.165) is 0 Å². The third-order valence-corrected chi connectivity index (χ3v) is 0. The van der Waals surface area contributed by atoms with Crippen LogP contribution in [0.2, 0.25) is 0 Å². The van der Waals surface area contributed by atoms with Gasteiger partial charge in [0.2, 0.25) is 0 Å². The molecule has 0 radical (unpaired) electrons. The summed E-state index contributed by atoms with van der Waals surface area (Å²) in [5.74, 6) is 0. The van der Waals surface area contributed by atoms with Gasteiger partial charge in [-0.05, 0) is 0 Å². The molecule has 0 saturated heterocycles. The molecular formula is H48Cl6O49Zr4+12. The minimum absolute atomic E-state index is 0. The third-order valence-electron chi connectivity index (χ3n) is 0. The summed E-state index contributed by atoms with van der Waals surface area (Å²) in [6, 6.07) is 0. The fraction of sp³-hybridized carbons (Fsp3) is 0. The summed E-state index contributed by atoms with van der Waals surface area (Å²) in [7, 11) is -29.7. The van der Waals surface area contributed by atoms with Crippen LogP contribution in [0, 0.1) is 61.5 Å². The molecular weight excluding hydrogens is 1360 g/mol. The van der Waals surface area contributed by atoms with Crippen LogP contribution >= 0.6 is 0 Å². The van der Waals surface area contributed by atoms with E-state index in [4.69, 9.17) is 133 Å². The summed E-state index contributed by atoms with van der Waals surface area (Å²) < 4.78 is 204. The van der Waals surface area contributed by atoms with Crippen LogP contribution in [0.25, 0.3) is 0 Å². The zero-order valence-electron chi connectivity index (χ0n) is 26.8. The van der Waals surface area contributed by atoms with Crippen LogP contribution < -0.4 is 133 Å². The van der Waals surface area contributed by atoms with Crippen molar-refractivity contribution in [2.24, 2.45) is 0 Å². The maximum absolute atomic E-state index is 8.49. The van der Waals surface area contributed by atoms with Crippen molar-refractivity contribution in [3.63, 3.8) is 0 Å². The van der Waals surface area contributed by atoms with Crippen molar-refractivity contribution in [2.45, 2.75) is 0 Å². The fourth-order valence-electron chi connectivity index (χ4n) is 0. The van der Waals surface area contributed by atoms with Gasteiger partial charge in [0.05, 0.1) is 0 Å². The molecule has 0 aliphatic heterocycles. The van der Waals surface area contributed by atoms with Gasteiger partial charge in [0.15, 0.2) is 0 Å². The van der Waals surface area contributed by atoms with Crippen molar-refractivity contribution in [1.82, 2.24) is 0 Å². The molecule has 59 heavy (non-hydrogen) atoms. The van der Waals surface area contributed by atoms with Crippen LogP contribution in [-0.2, 0) is 176 Å². The maximum Gasteiger partial charge on any atom is 4.00 e. The molecule has 0 aromatic carbocycles. The molecule has 0 bridgehead atoms. The standard InChI is InChI=1S/6ClHO4.2O2.20H2O.O.4Zr/c6*2-1(3,4)5;2*1-2;;;;;;;;;;;;;;;;;;;;;;;;;/h6*(H,2,3,4,5);;;20*1H2;;;;;/q;;;;;;2*-2;;;;;;;;;;;;;;;;;;;;;-2;4*+4/p+2. The Bertz CT molecular complexity index is 235. The van der Waals surface area contributed by atoms with Gasteiger partial charge in [-0.1, -0.05) is 0 Å². The molecule has 59 heteroatoms. The first-order valence-corrected chi connectivity index (χ1v) is 11.4. The Balaban J connectivity index is -0.00000000402. The van der Waals surface area contributed by atoms with E-state index in [1.165, 1.54) is 0 Å². The topological polar surface area (TPSA) is 1320 Å². The average Bonchev–Trinajstić information content (AvgIpc) is 2.30. The van der Waals surface area contributed by atoms with Crippen molar-refractivity contribution in [1.29, 1.82) is 0 Å². The van der Waals surface area contributed by atoms with E-state index < -0.39 is 61.5 Å². The predicted molar refractivity (Wildman–Crippen MR) is 81.3 cm³/mol. The first kappa shape index (κ1) is 273. The van der Waals surface area contributed by atoms with Gasteiger partial charge in [0.1, 0.15) is 0 Å². The number of rotatable bonds is 0. The maximum atomic E-state index is 8.49. The van der Waals surface area contributed by atoms with Gasteiger partial charge >= 0.3 is 105 Å². The molecule has 0 spiro atoms. The monoisotopic (exact) mass is 1400 g/mol. The Labute approximate surface area is 410 Å². The van der Waals surface area contributed by atoms with E-state index >= 15 is 0 Å². The van der Waals surface area contributed by atoms with Gasteiger partial charge in [-0.2, -0.15) is 0 Å². The van der Waals surface area contributed by atoms with E-state index in [1.807, 2.05) is 0 Å². The summed E-state index contributed by atoms with van der Waals surface area (Å²) in [5, 5.41) is 28.0. The molecule has 0 heterocycles. The first-order valence-electron chi connectivity index (χ1n) is 4.04. The van der Waals surface area contributed by atoms with Gasteiger partial charge in [0, 0.05) is 0 Å². The molecule has 0 aliphatic carbocycles.